The van der Waals surface area contributed by atoms with Gasteiger partial charge in [0.2, 0.25) is 0 Å². The van der Waals surface area contributed by atoms with Gasteiger partial charge in [0.05, 0.1) is 17.4 Å². The van der Waals surface area contributed by atoms with Crippen LogP contribution in [-0.4, -0.2) is 22.0 Å². The summed E-state index contributed by atoms with van der Waals surface area (Å²) in [6.07, 6.45) is 0.429. The Labute approximate surface area is 140 Å². The van der Waals surface area contributed by atoms with Gasteiger partial charge in [-0.2, -0.15) is 13.2 Å². The monoisotopic (exact) mass is 351 g/mol. The second-order valence-corrected chi connectivity index (χ2v) is 4.81. The molecule has 6 nitrogen and oxygen atoms in total. The largest absolute Gasteiger partial charge is 0.416 e. The predicted octanol–water partition coefficient (Wildman–Crippen LogP) is 2.87. The van der Waals surface area contributed by atoms with Crippen LogP contribution < -0.4 is 10.8 Å². The molecule has 0 radical (unpaired) electrons. The number of nitrogens with one attached hydrogen (secondary N) is 2. The normalized spacial score (nSPS) is 11.4. The summed E-state index contributed by atoms with van der Waals surface area (Å²) in [5, 5.41) is 10.9. The number of hydrogen-bond acceptors (Lipinski definition) is 4. The number of hydrogen-bond donors (Lipinski definition) is 3. The molecule has 2 rings (SSSR count). The minimum Gasteiger partial charge on any atom is -0.320 e. The zero-order valence-electron chi connectivity index (χ0n) is 12.5. The van der Waals surface area contributed by atoms with Gasteiger partial charge in [-0.1, -0.05) is 6.07 Å². The Balaban J connectivity index is 2.24. The van der Waals surface area contributed by atoms with Crippen molar-refractivity contribution >= 4 is 23.6 Å². The van der Waals surface area contributed by atoms with Crippen LogP contribution in [0.4, 0.5) is 18.9 Å². The van der Waals surface area contributed by atoms with Gasteiger partial charge in [-0.15, -0.1) is 0 Å². The summed E-state index contributed by atoms with van der Waals surface area (Å²) in [6, 6.07) is 5.45. The van der Waals surface area contributed by atoms with Gasteiger partial charge in [-0.05, 0) is 30.3 Å². The molecule has 25 heavy (non-hydrogen) atoms. The quantitative estimate of drug-likeness (QED) is 0.449. The molecule has 0 aliphatic carbocycles. The number of nitrogens with zero attached hydrogens (tertiary/aromatic N) is 1. The number of pyridine rings is 1. The third-order valence-corrected chi connectivity index (χ3v) is 3.08. The van der Waals surface area contributed by atoms with Crippen LogP contribution in [0.15, 0.2) is 48.8 Å². The van der Waals surface area contributed by atoms with E-state index in [-0.39, 0.29) is 11.3 Å². The molecular weight excluding hydrogens is 339 g/mol. The lowest BCUT2D eigenvalue weighted by atomic mass is 10.1. The molecule has 0 saturated heterocycles. The van der Waals surface area contributed by atoms with Crippen molar-refractivity contribution in [3.63, 3.8) is 0 Å². The van der Waals surface area contributed by atoms with Gasteiger partial charge in [0, 0.05) is 23.4 Å². The zero-order chi connectivity index (χ0) is 18.4. The van der Waals surface area contributed by atoms with Crippen LogP contribution in [0.2, 0.25) is 0 Å². The van der Waals surface area contributed by atoms with Crippen LogP contribution in [0.1, 0.15) is 21.5 Å². The first-order valence-electron chi connectivity index (χ1n) is 6.86. The molecule has 0 atom stereocenters. The molecule has 3 N–H and O–H groups in total. The number of rotatable bonds is 4. The number of halogens is 3. The van der Waals surface area contributed by atoms with Crippen molar-refractivity contribution in [2.45, 2.75) is 6.18 Å². The fourth-order valence-corrected chi connectivity index (χ4v) is 1.89. The Morgan fingerprint density at radius 2 is 1.96 bits per heavy atom. The molecule has 9 heteroatoms. The lowest BCUT2D eigenvalue weighted by Crippen LogP contribution is -2.15. The Morgan fingerprint density at radius 3 is 2.64 bits per heavy atom. The van der Waals surface area contributed by atoms with Gasteiger partial charge in [-0.3, -0.25) is 19.8 Å². The first-order valence-corrected chi connectivity index (χ1v) is 6.86. The number of hydroxylamine groups is 1. The van der Waals surface area contributed by atoms with Gasteiger partial charge >= 0.3 is 6.18 Å². The van der Waals surface area contributed by atoms with Gasteiger partial charge in [0.15, 0.2) is 0 Å². The van der Waals surface area contributed by atoms with Crippen LogP contribution in [0.3, 0.4) is 0 Å². The lowest BCUT2D eigenvalue weighted by Gasteiger charge is -2.10. The summed E-state index contributed by atoms with van der Waals surface area (Å²) in [5.41, 5.74) is 0.850. The highest BCUT2D eigenvalue weighted by molar-refractivity contribution is 6.05. The Morgan fingerprint density at radius 1 is 1.20 bits per heavy atom. The number of carbonyl (C=O) groups excluding carboxylic acids is 2. The highest BCUT2D eigenvalue weighted by Crippen LogP contribution is 2.29. The van der Waals surface area contributed by atoms with Gasteiger partial charge in [0.25, 0.3) is 11.8 Å². The molecule has 130 valence electrons. The second-order valence-electron chi connectivity index (χ2n) is 4.81. The van der Waals surface area contributed by atoms with Crippen LogP contribution in [0, 0.1) is 0 Å². The number of anilines is 1. The van der Waals surface area contributed by atoms with E-state index in [0.29, 0.717) is 5.56 Å². The molecule has 1 aromatic heterocycles. The number of alkyl halides is 3. The standard InChI is InChI=1S/C16H12F3N3O3/c17-16(18,19)12-3-1-2-11(8-12)15(24)21-13-9-20-7-6-10(13)4-5-14(23)22-25/h1-9,25H,(H,21,24)(H,22,23). The maximum atomic E-state index is 12.7. The summed E-state index contributed by atoms with van der Waals surface area (Å²) < 4.78 is 38.2. The summed E-state index contributed by atoms with van der Waals surface area (Å²) >= 11 is 0. The van der Waals surface area contributed by atoms with Crippen molar-refractivity contribution in [1.29, 1.82) is 0 Å². The maximum Gasteiger partial charge on any atom is 0.416 e. The molecule has 0 unspecified atom stereocenters. The summed E-state index contributed by atoms with van der Waals surface area (Å²) in [6.45, 7) is 0. The lowest BCUT2D eigenvalue weighted by molar-refractivity contribution is -0.137. The number of amides is 2. The zero-order valence-corrected chi connectivity index (χ0v) is 12.5. The van der Waals surface area contributed by atoms with E-state index >= 15 is 0 Å². The Hall–Kier alpha value is -3.20. The van der Waals surface area contributed by atoms with Crippen molar-refractivity contribution in [2.24, 2.45) is 0 Å². The highest BCUT2D eigenvalue weighted by atomic mass is 19.4. The molecule has 2 amide bonds. The molecule has 1 heterocycles. The van der Waals surface area contributed by atoms with Crippen LogP contribution in [0.5, 0.6) is 0 Å². The van der Waals surface area contributed by atoms with E-state index in [1.807, 2.05) is 0 Å². The van der Waals surface area contributed by atoms with Crippen molar-refractivity contribution < 1.29 is 28.0 Å². The SMILES string of the molecule is O=C(C=Cc1ccncc1NC(=O)c1cccc(C(F)(F)F)c1)NO. The van der Waals surface area contributed by atoms with Gasteiger partial charge in [0.1, 0.15) is 0 Å². The van der Waals surface area contributed by atoms with E-state index in [4.69, 9.17) is 5.21 Å². The fraction of sp³-hybridized carbons (Fsp3) is 0.0625. The molecule has 2 aromatic rings. The van der Waals surface area contributed by atoms with Crippen molar-refractivity contribution in [3.8, 4) is 0 Å². The third kappa shape index (κ3) is 4.88. The van der Waals surface area contributed by atoms with Crippen LogP contribution in [-0.2, 0) is 11.0 Å². The van der Waals surface area contributed by atoms with E-state index in [1.165, 1.54) is 36.1 Å². The van der Waals surface area contributed by atoms with Crippen molar-refractivity contribution in [1.82, 2.24) is 10.5 Å². The van der Waals surface area contributed by atoms with Gasteiger partial charge < -0.3 is 5.32 Å². The Bertz CT molecular complexity index is 820. The summed E-state index contributed by atoms with van der Waals surface area (Å²) in [5.74, 6) is -1.55. The minimum absolute atomic E-state index is 0.179. The average Bonchev–Trinajstić information content (AvgIpc) is 2.60. The van der Waals surface area contributed by atoms with E-state index in [9.17, 15) is 22.8 Å². The minimum atomic E-state index is -4.56. The number of benzene rings is 1. The maximum absolute atomic E-state index is 12.7. The van der Waals surface area contributed by atoms with Crippen molar-refractivity contribution in [2.75, 3.05) is 5.32 Å². The van der Waals surface area contributed by atoms with E-state index < -0.39 is 23.6 Å². The van der Waals surface area contributed by atoms with E-state index in [1.54, 1.807) is 0 Å². The molecule has 0 fully saturated rings. The van der Waals surface area contributed by atoms with Crippen molar-refractivity contribution in [3.05, 3.63) is 65.5 Å². The molecule has 0 aliphatic rings. The van der Waals surface area contributed by atoms with E-state index in [0.717, 1.165) is 24.3 Å². The fourth-order valence-electron chi connectivity index (χ4n) is 1.89. The Kier molecular flexibility index (Phi) is 5.50. The van der Waals surface area contributed by atoms with Gasteiger partial charge in [-0.25, -0.2) is 5.48 Å². The molecule has 0 saturated carbocycles. The topological polar surface area (TPSA) is 91.3 Å². The smallest absolute Gasteiger partial charge is 0.320 e. The second kappa shape index (κ2) is 7.58. The third-order valence-electron chi connectivity index (χ3n) is 3.08. The van der Waals surface area contributed by atoms with E-state index in [2.05, 4.69) is 10.3 Å². The molecular formula is C16H12F3N3O3. The highest BCUT2D eigenvalue weighted by Gasteiger charge is 2.30. The van der Waals surface area contributed by atoms with Crippen LogP contribution in [0.25, 0.3) is 6.08 Å². The predicted molar refractivity (Wildman–Crippen MR) is 82.6 cm³/mol. The average molecular weight is 351 g/mol. The molecule has 0 bridgehead atoms. The number of carbonyl (C=O) groups is 2. The molecule has 1 aromatic carbocycles. The summed E-state index contributed by atoms with van der Waals surface area (Å²) in [7, 11) is 0. The molecule has 0 spiro atoms. The first kappa shape index (κ1) is 18.1. The summed E-state index contributed by atoms with van der Waals surface area (Å²) in [4.78, 5) is 27.0. The number of aromatic nitrogens is 1. The molecule has 0 aliphatic heterocycles. The first-order chi connectivity index (χ1) is 11.8. The van der Waals surface area contributed by atoms with Crippen LogP contribution >= 0.6 is 0 Å².